The highest BCUT2D eigenvalue weighted by molar-refractivity contribution is 6.30. The van der Waals surface area contributed by atoms with Crippen molar-refractivity contribution in [3.63, 3.8) is 0 Å². The molecule has 0 amide bonds. The summed E-state index contributed by atoms with van der Waals surface area (Å²) in [5.74, 6) is 1.25. The Bertz CT molecular complexity index is 1020. The Morgan fingerprint density at radius 1 is 1.23 bits per heavy atom. The van der Waals surface area contributed by atoms with Crippen LogP contribution in [-0.4, -0.2) is 19.8 Å². The fourth-order valence-electron chi connectivity index (χ4n) is 3.07. The van der Waals surface area contributed by atoms with Crippen LogP contribution in [0.1, 0.15) is 35.4 Å². The van der Waals surface area contributed by atoms with E-state index in [1.54, 1.807) is 7.05 Å². The van der Waals surface area contributed by atoms with Gasteiger partial charge in [-0.2, -0.15) is 9.36 Å². The molecule has 1 aromatic heterocycles. The number of tetrazole rings is 1. The minimum atomic E-state index is -0.280. The summed E-state index contributed by atoms with van der Waals surface area (Å²) in [6.07, 6.45) is 2.31. The molecule has 0 bridgehead atoms. The molecular formula is C19H19ClN4O2. The molecule has 0 atom stereocenters. The van der Waals surface area contributed by atoms with Crippen molar-refractivity contribution in [3.8, 4) is 11.4 Å². The van der Waals surface area contributed by atoms with Gasteiger partial charge in [-0.1, -0.05) is 29.8 Å². The second-order valence-electron chi connectivity index (χ2n) is 6.61. The fraction of sp³-hybridized carbons (Fsp3) is 0.316. The molecule has 0 spiro atoms. The van der Waals surface area contributed by atoms with E-state index in [1.165, 1.54) is 14.9 Å². The second-order valence-corrected chi connectivity index (χ2v) is 7.05. The summed E-state index contributed by atoms with van der Waals surface area (Å²) in [4.78, 5) is 12.3. The Kier molecular flexibility index (Phi) is 4.28. The number of ether oxygens (including phenoxy) is 1. The number of nitrogens with zero attached hydrogens (tertiary/aromatic N) is 4. The molecule has 6 nitrogen and oxygen atoms in total. The molecule has 1 fully saturated rings. The first kappa shape index (κ1) is 16.8. The third-order valence-corrected chi connectivity index (χ3v) is 4.91. The molecule has 3 aromatic rings. The van der Waals surface area contributed by atoms with E-state index < -0.39 is 0 Å². The monoisotopic (exact) mass is 370 g/mol. The maximum absolute atomic E-state index is 12.3. The molecule has 1 saturated carbocycles. The Morgan fingerprint density at radius 3 is 2.73 bits per heavy atom. The molecule has 1 aliphatic carbocycles. The van der Waals surface area contributed by atoms with Gasteiger partial charge in [-0.15, -0.1) is 0 Å². The van der Waals surface area contributed by atoms with Gasteiger partial charge >= 0.3 is 5.69 Å². The Balaban J connectivity index is 1.75. The van der Waals surface area contributed by atoms with Gasteiger partial charge in [-0.05, 0) is 65.4 Å². The summed E-state index contributed by atoms with van der Waals surface area (Å²) in [5.41, 5.74) is 3.62. The molecule has 134 valence electrons. The molecule has 1 aliphatic rings. The van der Waals surface area contributed by atoms with Gasteiger partial charge in [0, 0.05) is 17.6 Å². The molecule has 4 rings (SSSR count). The zero-order chi connectivity index (χ0) is 18.3. The smallest absolute Gasteiger partial charge is 0.368 e. The van der Waals surface area contributed by atoms with Crippen molar-refractivity contribution in [1.82, 2.24) is 19.8 Å². The van der Waals surface area contributed by atoms with Crippen LogP contribution < -0.4 is 10.4 Å². The van der Waals surface area contributed by atoms with E-state index in [2.05, 4.69) is 16.5 Å². The van der Waals surface area contributed by atoms with Gasteiger partial charge in [0.25, 0.3) is 0 Å². The standard InChI is InChI=1S/C19H19ClN4O2/c1-12-6-9-14(20)10-18(12)26-11-16-15(13-7-8-13)4-3-5-17(16)24-19(25)23(2)21-22-24/h3-6,9-10,13H,7-8,11H2,1-2H3. The molecule has 0 radical (unpaired) electrons. The lowest BCUT2D eigenvalue weighted by atomic mass is 10.0. The largest absolute Gasteiger partial charge is 0.488 e. The summed E-state index contributed by atoms with van der Waals surface area (Å²) in [7, 11) is 1.59. The fourth-order valence-corrected chi connectivity index (χ4v) is 3.23. The van der Waals surface area contributed by atoms with E-state index in [-0.39, 0.29) is 5.69 Å². The van der Waals surface area contributed by atoms with Crippen LogP contribution >= 0.6 is 11.6 Å². The number of hydrogen-bond donors (Lipinski definition) is 0. The van der Waals surface area contributed by atoms with Crippen LogP contribution in [0.2, 0.25) is 5.02 Å². The number of aryl methyl sites for hydroxylation is 2. The SMILES string of the molecule is Cc1ccc(Cl)cc1OCc1c(C2CC2)cccc1-n1nnn(C)c1=O. The third-order valence-electron chi connectivity index (χ3n) is 4.68. The summed E-state index contributed by atoms with van der Waals surface area (Å²) < 4.78 is 8.62. The maximum atomic E-state index is 12.3. The number of aromatic nitrogens is 4. The highest BCUT2D eigenvalue weighted by Gasteiger charge is 2.28. The van der Waals surface area contributed by atoms with Gasteiger partial charge < -0.3 is 4.74 Å². The molecule has 0 unspecified atom stereocenters. The van der Waals surface area contributed by atoms with Gasteiger partial charge in [-0.25, -0.2) is 4.79 Å². The second kappa shape index (κ2) is 6.61. The van der Waals surface area contributed by atoms with Crippen LogP contribution in [0, 0.1) is 6.92 Å². The van der Waals surface area contributed by atoms with Crippen molar-refractivity contribution < 1.29 is 4.74 Å². The van der Waals surface area contributed by atoms with E-state index >= 15 is 0 Å². The van der Waals surface area contributed by atoms with E-state index in [0.29, 0.717) is 23.2 Å². The zero-order valence-corrected chi connectivity index (χ0v) is 15.4. The Labute approximate surface area is 156 Å². The lowest BCUT2D eigenvalue weighted by Crippen LogP contribution is -2.23. The Hall–Kier alpha value is -2.60. The van der Waals surface area contributed by atoms with Gasteiger partial charge in [0.1, 0.15) is 12.4 Å². The average molecular weight is 371 g/mol. The van der Waals surface area contributed by atoms with Gasteiger partial charge in [0.15, 0.2) is 0 Å². The molecule has 1 heterocycles. The van der Waals surface area contributed by atoms with Crippen molar-refractivity contribution in [2.24, 2.45) is 7.05 Å². The van der Waals surface area contributed by atoms with E-state index in [1.807, 2.05) is 37.3 Å². The molecule has 2 aromatic carbocycles. The lowest BCUT2D eigenvalue weighted by molar-refractivity contribution is 0.302. The quantitative estimate of drug-likeness (QED) is 0.690. The van der Waals surface area contributed by atoms with E-state index in [9.17, 15) is 4.79 Å². The van der Waals surface area contributed by atoms with Crippen LogP contribution in [0.3, 0.4) is 0 Å². The summed E-state index contributed by atoms with van der Waals surface area (Å²) in [6, 6.07) is 11.5. The van der Waals surface area contributed by atoms with Gasteiger partial charge in [-0.3, -0.25) is 0 Å². The summed E-state index contributed by atoms with van der Waals surface area (Å²) in [5, 5.41) is 8.45. The molecule has 7 heteroatoms. The first-order valence-electron chi connectivity index (χ1n) is 8.54. The van der Waals surface area contributed by atoms with Crippen LogP contribution in [0.5, 0.6) is 5.75 Å². The summed E-state index contributed by atoms with van der Waals surface area (Å²) >= 11 is 6.09. The van der Waals surface area contributed by atoms with Crippen molar-refractivity contribution in [2.75, 3.05) is 0 Å². The number of rotatable bonds is 5. The molecular weight excluding hydrogens is 352 g/mol. The van der Waals surface area contributed by atoms with Crippen LogP contribution in [-0.2, 0) is 13.7 Å². The topological polar surface area (TPSA) is 61.9 Å². The molecule has 0 saturated heterocycles. The highest BCUT2D eigenvalue weighted by atomic mass is 35.5. The summed E-state index contributed by atoms with van der Waals surface area (Å²) in [6.45, 7) is 2.32. The van der Waals surface area contributed by atoms with Crippen molar-refractivity contribution >= 4 is 11.6 Å². The lowest BCUT2D eigenvalue weighted by Gasteiger charge is -2.16. The predicted molar refractivity (Wildman–Crippen MR) is 99.1 cm³/mol. The van der Waals surface area contributed by atoms with Crippen LogP contribution in [0.15, 0.2) is 41.2 Å². The first-order chi connectivity index (χ1) is 12.5. The molecule has 0 aliphatic heterocycles. The van der Waals surface area contributed by atoms with Gasteiger partial charge in [0.05, 0.1) is 5.69 Å². The highest BCUT2D eigenvalue weighted by Crippen LogP contribution is 2.43. The molecule has 26 heavy (non-hydrogen) atoms. The zero-order valence-electron chi connectivity index (χ0n) is 14.6. The third kappa shape index (κ3) is 3.12. The Morgan fingerprint density at radius 2 is 2.04 bits per heavy atom. The number of hydrogen-bond acceptors (Lipinski definition) is 4. The normalized spacial score (nSPS) is 13.8. The minimum absolute atomic E-state index is 0.280. The minimum Gasteiger partial charge on any atom is -0.488 e. The number of benzene rings is 2. The average Bonchev–Trinajstić information content (AvgIpc) is 3.42. The van der Waals surface area contributed by atoms with Gasteiger partial charge in [0.2, 0.25) is 0 Å². The van der Waals surface area contributed by atoms with Crippen LogP contribution in [0.4, 0.5) is 0 Å². The van der Waals surface area contributed by atoms with Crippen molar-refractivity contribution in [2.45, 2.75) is 32.3 Å². The van der Waals surface area contributed by atoms with E-state index in [4.69, 9.17) is 16.3 Å². The van der Waals surface area contributed by atoms with Crippen LogP contribution in [0.25, 0.3) is 5.69 Å². The van der Waals surface area contributed by atoms with E-state index in [0.717, 1.165) is 29.7 Å². The van der Waals surface area contributed by atoms with Crippen molar-refractivity contribution in [1.29, 1.82) is 0 Å². The first-order valence-corrected chi connectivity index (χ1v) is 8.92. The molecule has 0 N–H and O–H groups in total. The number of halogens is 1. The maximum Gasteiger partial charge on any atom is 0.368 e. The predicted octanol–water partition coefficient (Wildman–Crippen LogP) is 3.38. The van der Waals surface area contributed by atoms with Crippen molar-refractivity contribution in [3.05, 3.63) is 68.6 Å².